The standard InChI is InChI=1S/C15H15N5O3/c21-14(16-8-13-18-17-12-6-3-7-19(12)13)9-20-10-4-1-2-5-11(10)23-15(20)22/h1-2,4-5H,3,6-9H2,(H,16,21). The summed E-state index contributed by atoms with van der Waals surface area (Å²) in [5, 5.41) is 11.0. The molecule has 1 aliphatic rings. The molecule has 1 amide bonds. The van der Waals surface area contributed by atoms with Crippen LogP contribution in [0.5, 0.6) is 0 Å². The molecule has 0 fully saturated rings. The Kier molecular flexibility index (Phi) is 3.22. The van der Waals surface area contributed by atoms with E-state index >= 15 is 0 Å². The molecule has 1 N–H and O–H groups in total. The second kappa shape index (κ2) is 5.38. The fourth-order valence-corrected chi connectivity index (χ4v) is 2.88. The summed E-state index contributed by atoms with van der Waals surface area (Å²) in [6, 6.07) is 7.02. The zero-order valence-electron chi connectivity index (χ0n) is 12.4. The number of nitrogens with one attached hydrogen (secondary N) is 1. The van der Waals surface area contributed by atoms with Crippen molar-refractivity contribution in [3.63, 3.8) is 0 Å². The molecule has 0 unspecified atom stereocenters. The van der Waals surface area contributed by atoms with Gasteiger partial charge in [0.1, 0.15) is 12.4 Å². The maximum atomic E-state index is 12.1. The molecular weight excluding hydrogens is 298 g/mol. The van der Waals surface area contributed by atoms with Gasteiger partial charge in [-0.3, -0.25) is 9.36 Å². The summed E-state index contributed by atoms with van der Waals surface area (Å²) in [4.78, 5) is 24.0. The van der Waals surface area contributed by atoms with Crippen LogP contribution in [0.4, 0.5) is 0 Å². The third kappa shape index (κ3) is 2.41. The quantitative estimate of drug-likeness (QED) is 0.754. The van der Waals surface area contributed by atoms with E-state index in [0.29, 0.717) is 17.6 Å². The molecule has 3 aromatic rings. The number of rotatable bonds is 4. The number of aryl methyl sites for hydroxylation is 1. The van der Waals surface area contributed by atoms with Crippen LogP contribution in [0.3, 0.4) is 0 Å². The average molecular weight is 313 g/mol. The molecule has 118 valence electrons. The number of oxazole rings is 1. The highest BCUT2D eigenvalue weighted by atomic mass is 16.4. The number of fused-ring (bicyclic) bond motifs is 2. The lowest BCUT2D eigenvalue weighted by Crippen LogP contribution is -2.31. The van der Waals surface area contributed by atoms with Crippen molar-refractivity contribution in [2.75, 3.05) is 0 Å². The average Bonchev–Trinajstić information content (AvgIpc) is 3.21. The molecule has 1 aliphatic heterocycles. The Morgan fingerprint density at radius 3 is 3.09 bits per heavy atom. The van der Waals surface area contributed by atoms with Gasteiger partial charge in [-0.25, -0.2) is 4.79 Å². The summed E-state index contributed by atoms with van der Waals surface area (Å²) >= 11 is 0. The van der Waals surface area contributed by atoms with Crippen molar-refractivity contribution in [3.05, 3.63) is 46.5 Å². The molecule has 0 bridgehead atoms. The van der Waals surface area contributed by atoms with Gasteiger partial charge in [-0.2, -0.15) is 0 Å². The van der Waals surface area contributed by atoms with Crippen molar-refractivity contribution in [2.45, 2.75) is 32.5 Å². The Labute approximate surface area is 130 Å². The molecule has 0 spiro atoms. The van der Waals surface area contributed by atoms with Crippen LogP contribution in [-0.2, 0) is 30.8 Å². The zero-order valence-corrected chi connectivity index (χ0v) is 12.4. The van der Waals surface area contributed by atoms with E-state index in [1.54, 1.807) is 24.3 Å². The van der Waals surface area contributed by atoms with Crippen molar-refractivity contribution in [3.8, 4) is 0 Å². The van der Waals surface area contributed by atoms with E-state index in [4.69, 9.17) is 4.42 Å². The molecule has 2 aromatic heterocycles. The van der Waals surface area contributed by atoms with Crippen LogP contribution in [0.2, 0.25) is 0 Å². The molecule has 0 saturated heterocycles. The summed E-state index contributed by atoms with van der Waals surface area (Å²) in [7, 11) is 0. The maximum Gasteiger partial charge on any atom is 0.420 e. The number of nitrogens with zero attached hydrogens (tertiary/aromatic N) is 4. The second-order valence-corrected chi connectivity index (χ2v) is 5.49. The Bertz CT molecular complexity index is 936. The van der Waals surface area contributed by atoms with E-state index in [2.05, 4.69) is 15.5 Å². The van der Waals surface area contributed by atoms with Crippen molar-refractivity contribution in [2.24, 2.45) is 0 Å². The summed E-state index contributed by atoms with van der Waals surface area (Å²) in [5.74, 6) is 0.903. The number of hydrogen-bond donors (Lipinski definition) is 1. The van der Waals surface area contributed by atoms with Gasteiger partial charge in [0, 0.05) is 13.0 Å². The Balaban J connectivity index is 1.47. The predicted molar refractivity (Wildman–Crippen MR) is 80.7 cm³/mol. The number of para-hydroxylation sites is 2. The van der Waals surface area contributed by atoms with Gasteiger partial charge in [0.2, 0.25) is 5.91 Å². The first kappa shape index (κ1) is 13.7. The van der Waals surface area contributed by atoms with Gasteiger partial charge in [0.15, 0.2) is 11.4 Å². The number of hydrogen-bond acceptors (Lipinski definition) is 5. The van der Waals surface area contributed by atoms with Crippen LogP contribution in [-0.4, -0.2) is 25.2 Å². The lowest BCUT2D eigenvalue weighted by Gasteiger charge is -2.06. The molecular formula is C15H15N5O3. The molecule has 1 aromatic carbocycles. The zero-order chi connectivity index (χ0) is 15.8. The number of carbonyl (C=O) groups is 1. The first-order valence-corrected chi connectivity index (χ1v) is 7.48. The van der Waals surface area contributed by atoms with Gasteiger partial charge in [-0.15, -0.1) is 10.2 Å². The Morgan fingerprint density at radius 1 is 1.30 bits per heavy atom. The number of amides is 1. The largest absolute Gasteiger partial charge is 0.420 e. The Hall–Kier alpha value is -2.90. The molecule has 8 heteroatoms. The number of benzene rings is 1. The van der Waals surface area contributed by atoms with Crippen molar-refractivity contribution in [1.29, 1.82) is 0 Å². The number of aromatic nitrogens is 4. The molecule has 8 nitrogen and oxygen atoms in total. The van der Waals surface area contributed by atoms with Crippen molar-refractivity contribution >= 4 is 17.0 Å². The van der Waals surface area contributed by atoms with Crippen molar-refractivity contribution < 1.29 is 9.21 Å². The minimum atomic E-state index is -0.537. The fraction of sp³-hybridized carbons (Fsp3) is 0.333. The van der Waals surface area contributed by atoms with Gasteiger partial charge < -0.3 is 14.3 Å². The van der Waals surface area contributed by atoms with Gasteiger partial charge >= 0.3 is 5.76 Å². The van der Waals surface area contributed by atoms with E-state index < -0.39 is 5.76 Å². The minimum Gasteiger partial charge on any atom is -0.408 e. The van der Waals surface area contributed by atoms with E-state index in [0.717, 1.165) is 31.0 Å². The highest BCUT2D eigenvalue weighted by molar-refractivity contribution is 5.79. The third-order valence-corrected chi connectivity index (χ3v) is 4.01. The first-order valence-electron chi connectivity index (χ1n) is 7.48. The molecule has 0 aliphatic carbocycles. The highest BCUT2D eigenvalue weighted by Gasteiger charge is 2.18. The normalized spacial score (nSPS) is 13.4. The SMILES string of the molecule is O=C(Cn1c(=O)oc2ccccc21)NCc1nnc2n1CCC2. The van der Waals surface area contributed by atoms with E-state index in [1.807, 2.05) is 4.57 Å². The fourth-order valence-electron chi connectivity index (χ4n) is 2.88. The van der Waals surface area contributed by atoms with Crippen molar-refractivity contribution in [1.82, 2.24) is 24.6 Å². The summed E-state index contributed by atoms with van der Waals surface area (Å²) in [6.07, 6.45) is 1.99. The topological polar surface area (TPSA) is 94.9 Å². The molecule has 3 heterocycles. The second-order valence-electron chi connectivity index (χ2n) is 5.49. The molecule has 0 atom stereocenters. The monoisotopic (exact) mass is 313 g/mol. The van der Waals surface area contributed by atoms with Crippen LogP contribution in [0.1, 0.15) is 18.1 Å². The van der Waals surface area contributed by atoms with E-state index in [9.17, 15) is 9.59 Å². The van der Waals surface area contributed by atoms with Gasteiger partial charge in [-0.05, 0) is 18.6 Å². The number of carbonyl (C=O) groups excluding carboxylic acids is 1. The van der Waals surface area contributed by atoms with Crippen LogP contribution >= 0.6 is 0 Å². The van der Waals surface area contributed by atoms with E-state index in [-0.39, 0.29) is 12.5 Å². The molecule has 23 heavy (non-hydrogen) atoms. The molecule has 0 saturated carbocycles. The highest BCUT2D eigenvalue weighted by Crippen LogP contribution is 2.14. The summed E-state index contributed by atoms with van der Waals surface area (Å²) in [6.45, 7) is 1.10. The molecule has 4 rings (SSSR count). The summed E-state index contributed by atoms with van der Waals surface area (Å²) < 4.78 is 8.46. The third-order valence-electron chi connectivity index (χ3n) is 4.01. The van der Waals surface area contributed by atoms with Gasteiger partial charge in [0.05, 0.1) is 12.1 Å². The van der Waals surface area contributed by atoms with Gasteiger partial charge in [0.25, 0.3) is 0 Å². The minimum absolute atomic E-state index is 0.0865. The maximum absolute atomic E-state index is 12.1. The van der Waals surface area contributed by atoms with E-state index in [1.165, 1.54) is 4.57 Å². The smallest absolute Gasteiger partial charge is 0.408 e. The lowest BCUT2D eigenvalue weighted by atomic mass is 10.3. The summed E-state index contributed by atoms with van der Waals surface area (Å²) in [5.41, 5.74) is 1.08. The van der Waals surface area contributed by atoms with Gasteiger partial charge in [-0.1, -0.05) is 12.1 Å². The predicted octanol–water partition coefficient (Wildman–Crippen LogP) is 0.449. The Morgan fingerprint density at radius 2 is 2.17 bits per heavy atom. The first-order chi connectivity index (χ1) is 11.2. The molecule has 0 radical (unpaired) electrons. The van der Waals surface area contributed by atoms with Crippen LogP contribution in [0.25, 0.3) is 11.1 Å². The lowest BCUT2D eigenvalue weighted by molar-refractivity contribution is -0.121. The van der Waals surface area contributed by atoms with Crippen LogP contribution in [0.15, 0.2) is 33.5 Å². The van der Waals surface area contributed by atoms with Crippen LogP contribution < -0.4 is 11.1 Å². The van der Waals surface area contributed by atoms with Crippen LogP contribution in [0, 0.1) is 0 Å².